The third-order valence-electron chi connectivity index (χ3n) is 3.47. The summed E-state index contributed by atoms with van der Waals surface area (Å²) in [5, 5.41) is 2.59. The number of alkyl halides is 2. The molecule has 1 aliphatic rings. The maximum absolute atomic E-state index is 12.3. The largest absolute Gasteiger partial charge is 0.493 e. The average Bonchev–Trinajstić information content (AvgIpc) is 3.29. The van der Waals surface area contributed by atoms with Crippen molar-refractivity contribution in [1.29, 1.82) is 0 Å². The molecule has 0 atom stereocenters. The van der Waals surface area contributed by atoms with Crippen LogP contribution in [-0.4, -0.2) is 40.3 Å². The lowest BCUT2D eigenvalue weighted by Crippen LogP contribution is -2.32. The molecule has 0 saturated heterocycles. The molecule has 6 nitrogen and oxygen atoms in total. The molecule has 1 amide bonds. The normalized spacial score (nSPS) is 14.5. The van der Waals surface area contributed by atoms with E-state index in [1.54, 1.807) is 0 Å². The van der Waals surface area contributed by atoms with Crippen LogP contribution >= 0.6 is 0 Å². The Balaban J connectivity index is 1.98. The minimum absolute atomic E-state index is 0.00110. The van der Waals surface area contributed by atoms with Gasteiger partial charge in [0.15, 0.2) is 21.3 Å². The number of rotatable bonds is 9. The van der Waals surface area contributed by atoms with E-state index in [1.807, 2.05) is 0 Å². The van der Waals surface area contributed by atoms with E-state index < -0.39 is 33.9 Å². The predicted octanol–water partition coefficient (Wildman–Crippen LogP) is 1.74. The Morgan fingerprint density at radius 2 is 2.04 bits per heavy atom. The van der Waals surface area contributed by atoms with E-state index >= 15 is 0 Å². The summed E-state index contributed by atoms with van der Waals surface area (Å²) in [4.78, 5) is 11.7. The predicted molar refractivity (Wildman–Crippen MR) is 82.9 cm³/mol. The Kier molecular flexibility index (Phi) is 5.98. The van der Waals surface area contributed by atoms with E-state index in [2.05, 4.69) is 10.1 Å². The Bertz CT molecular complexity index is 689. The number of sulfone groups is 1. The van der Waals surface area contributed by atoms with Gasteiger partial charge >= 0.3 is 6.61 Å². The van der Waals surface area contributed by atoms with E-state index in [9.17, 15) is 22.0 Å². The van der Waals surface area contributed by atoms with Crippen LogP contribution in [0.1, 0.15) is 18.4 Å². The fraction of sp³-hybridized carbons (Fsp3) is 0.533. The number of benzene rings is 1. The van der Waals surface area contributed by atoms with Gasteiger partial charge in [0.2, 0.25) is 5.91 Å². The quantitative estimate of drug-likeness (QED) is 0.723. The number of carbonyl (C=O) groups excluding carboxylic acids is 1. The van der Waals surface area contributed by atoms with Crippen LogP contribution in [0.2, 0.25) is 0 Å². The van der Waals surface area contributed by atoms with Crippen LogP contribution in [0.15, 0.2) is 18.2 Å². The third-order valence-corrected chi connectivity index (χ3v) is 4.94. The number of hydrogen-bond donors (Lipinski definition) is 1. The van der Waals surface area contributed by atoms with Crippen molar-refractivity contribution in [1.82, 2.24) is 5.32 Å². The molecule has 0 bridgehead atoms. The zero-order valence-electron chi connectivity index (χ0n) is 13.1. The van der Waals surface area contributed by atoms with Gasteiger partial charge in [-0.05, 0) is 36.5 Å². The molecule has 1 saturated carbocycles. The summed E-state index contributed by atoms with van der Waals surface area (Å²) in [7, 11) is -2.42. The molecule has 1 fully saturated rings. The number of carbonyl (C=O) groups is 1. The van der Waals surface area contributed by atoms with E-state index in [0.29, 0.717) is 18.0 Å². The van der Waals surface area contributed by atoms with Gasteiger partial charge < -0.3 is 14.8 Å². The van der Waals surface area contributed by atoms with Crippen LogP contribution < -0.4 is 14.8 Å². The monoisotopic (exact) mass is 363 g/mol. The van der Waals surface area contributed by atoms with Crippen LogP contribution in [0.25, 0.3) is 0 Å². The summed E-state index contributed by atoms with van der Waals surface area (Å²) < 4.78 is 57.9. The molecular formula is C15H19F2NO5S. The van der Waals surface area contributed by atoms with Crippen molar-refractivity contribution in [3.05, 3.63) is 23.8 Å². The van der Waals surface area contributed by atoms with Crippen LogP contribution in [0, 0.1) is 5.92 Å². The summed E-state index contributed by atoms with van der Waals surface area (Å²) in [6.07, 6.45) is 2.11. The molecule has 0 heterocycles. The molecule has 0 unspecified atom stereocenters. The molecule has 0 aliphatic heterocycles. The molecule has 2 rings (SSSR count). The van der Waals surface area contributed by atoms with Crippen LogP contribution in [-0.2, 0) is 20.4 Å². The molecule has 0 spiro atoms. The standard InChI is InChI=1S/C15H19F2NO5S/c1-22-13-6-11(4-5-12(13)23-15(16)17)8-24(20,21)9-14(19)18-7-10-2-3-10/h4-6,10,15H,2-3,7-9H2,1H3,(H,18,19). The van der Waals surface area contributed by atoms with Gasteiger partial charge in [-0.2, -0.15) is 8.78 Å². The van der Waals surface area contributed by atoms with Crippen LogP contribution in [0.3, 0.4) is 0 Å². The molecule has 1 N–H and O–H groups in total. The lowest BCUT2D eigenvalue weighted by molar-refractivity contribution is -0.118. The fourth-order valence-electron chi connectivity index (χ4n) is 2.13. The zero-order chi connectivity index (χ0) is 17.7. The maximum atomic E-state index is 12.3. The third kappa shape index (κ3) is 5.95. The molecule has 0 radical (unpaired) electrons. The first-order valence-corrected chi connectivity index (χ1v) is 9.20. The molecular weight excluding hydrogens is 344 g/mol. The Hall–Kier alpha value is -1.90. The second kappa shape index (κ2) is 7.78. The van der Waals surface area contributed by atoms with Gasteiger partial charge in [-0.15, -0.1) is 0 Å². The highest BCUT2D eigenvalue weighted by Gasteiger charge is 2.24. The molecule has 1 aliphatic carbocycles. The highest BCUT2D eigenvalue weighted by Crippen LogP contribution is 2.30. The van der Waals surface area contributed by atoms with Crippen LogP contribution in [0.5, 0.6) is 11.5 Å². The minimum atomic E-state index is -3.68. The molecule has 0 aromatic heterocycles. The molecule has 134 valence electrons. The van der Waals surface area contributed by atoms with Crippen molar-refractivity contribution in [3.63, 3.8) is 0 Å². The molecule has 1 aromatic carbocycles. The van der Waals surface area contributed by atoms with E-state index in [1.165, 1.54) is 25.3 Å². The zero-order valence-corrected chi connectivity index (χ0v) is 13.9. The van der Waals surface area contributed by atoms with Crippen molar-refractivity contribution in [2.45, 2.75) is 25.2 Å². The van der Waals surface area contributed by atoms with E-state index in [4.69, 9.17) is 4.74 Å². The van der Waals surface area contributed by atoms with Gasteiger partial charge in [0, 0.05) is 6.54 Å². The Labute approximate surface area is 139 Å². The Morgan fingerprint density at radius 1 is 1.33 bits per heavy atom. The lowest BCUT2D eigenvalue weighted by atomic mass is 10.2. The first kappa shape index (κ1) is 18.4. The molecule has 1 aromatic rings. The Morgan fingerprint density at radius 3 is 2.62 bits per heavy atom. The van der Waals surface area contributed by atoms with Gasteiger partial charge in [-0.3, -0.25) is 4.79 Å². The maximum Gasteiger partial charge on any atom is 0.387 e. The summed E-state index contributed by atoms with van der Waals surface area (Å²) in [5.74, 6) is -1.27. The number of ether oxygens (including phenoxy) is 2. The van der Waals surface area contributed by atoms with Crippen molar-refractivity contribution >= 4 is 15.7 Å². The highest BCUT2D eigenvalue weighted by molar-refractivity contribution is 7.91. The number of nitrogens with one attached hydrogen (secondary N) is 1. The van der Waals surface area contributed by atoms with Crippen molar-refractivity contribution in [2.24, 2.45) is 5.92 Å². The lowest BCUT2D eigenvalue weighted by Gasteiger charge is -2.11. The van der Waals surface area contributed by atoms with Gasteiger partial charge in [0.1, 0.15) is 5.75 Å². The van der Waals surface area contributed by atoms with Gasteiger partial charge in [0.05, 0.1) is 12.9 Å². The molecule has 24 heavy (non-hydrogen) atoms. The molecule has 9 heteroatoms. The number of hydrogen-bond acceptors (Lipinski definition) is 5. The van der Waals surface area contributed by atoms with Gasteiger partial charge in [0.25, 0.3) is 0 Å². The van der Waals surface area contributed by atoms with E-state index in [-0.39, 0.29) is 11.5 Å². The van der Waals surface area contributed by atoms with Crippen LogP contribution in [0.4, 0.5) is 8.78 Å². The van der Waals surface area contributed by atoms with Crippen molar-refractivity contribution in [3.8, 4) is 11.5 Å². The summed E-state index contributed by atoms with van der Waals surface area (Å²) >= 11 is 0. The average molecular weight is 363 g/mol. The highest BCUT2D eigenvalue weighted by atomic mass is 32.2. The first-order chi connectivity index (χ1) is 11.3. The van der Waals surface area contributed by atoms with E-state index in [0.717, 1.165) is 12.8 Å². The second-order valence-corrected chi connectivity index (χ2v) is 7.71. The smallest absolute Gasteiger partial charge is 0.387 e. The first-order valence-electron chi connectivity index (χ1n) is 7.38. The summed E-state index contributed by atoms with van der Waals surface area (Å²) in [6, 6.07) is 3.86. The van der Waals surface area contributed by atoms with Gasteiger partial charge in [-0.25, -0.2) is 8.42 Å². The number of amides is 1. The van der Waals surface area contributed by atoms with Crippen molar-refractivity contribution in [2.75, 3.05) is 19.4 Å². The summed E-state index contributed by atoms with van der Waals surface area (Å²) in [5.41, 5.74) is 0.323. The second-order valence-electron chi connectivity index (χ2n) is 5.64. The minimum Gasteiger partial charge on any atom is -0.493 e. The fourth-order valence-corrected chi connectivity index (χ4v) is 3.42. The SMILES string of the molecule is COc1cc(CS(=O)(=O)CC(=O)NCC2CC2)ccc1OC(F)F. The number of halogens is 2. The number of methoxy groups -OCH3 is 1. The van der Waals surface area contributed by atoms with Crippen molar-refractivity contribution < 1.29 is 31.5 Å². The summed E-state index contributed by atoms with van der Waals surface area (Å²) in [6.45, 7) is -2.51. The van der Waals surface area contributed by atoms with Gasteiger partial charge in [-0.1, -0.05) is 6.07 Å². The topological polar surface area (TPSA) is 81.7 Å².